The van der Waals surface area contributed by atoms with E-state index in [1.54, 1.807) is 0 Å². The monoisotopic (exact) mass is 371 g/mol. The fraction of sp³-hybridized carbons (Fsp3) is 0.524. The third-order valence-electron chi connectivity index (χ3n) is 5.69. The summed E-state index contributed by atoms with van der Waals surface area (Å²) in [7, 11) is 0. The number of hydrogen-bond donors (Lipinski definition) is 2. The molecule has 1 aliphatic heterocycles. The number of carboxylic acid groups (broad SMARTS) is 1. The molecular weight excluding hydrogens is 342 g/mol. The van der Waals surface area contributed by atoms with Crippen molar-refractivity contribution in [2.24, 2.45) is 4.99 Å². The lowest BCUT2D eigenvalue weighted by atomic mass is 9.85. The van der Waals surface area contributed by atoms with Crippen molar-refractivity contribution >= 4 is 17.4 Å². The van der Waals surface area contributed by atoms with Gasteiger partial charge in [-0.15, -0.1) is 0 Å². The van der Waals surface area contributed by atoms with Gasteiger partial charge < -0.3 is 20.5 Å². The molecule has 0 saturated heterocycles. The predicted molar refractivity (Wildman–Crippen MR) is 107 cm³/mol. The molecule has 6 heteroatoms. The first-order valence-corrected chi connectivity index (χ1v) is 9.79. The second-order valence-corrected chi connectivity index (χ2v) is 7.14. The summed E-state index contributed by atoms with van der Waals surface area (Å²) >= 11 is 0. The number of nitrogen functional groups attached to an aromatic ring is 1. The van der Waals surface area contributed by atoms with Gasteiger partial charge in [0.05, 0.1) is 17.1 Å². The van der Waals surface area contributed by atoms with Crippen LogP contribution in [0.5, 0.6) is 5.75 Å². The molecule has 0 radical (unpaired) electrons. The van der Waals surface area contributed by atoms with Crippen molar-refractivity contribution in [3.05, 3.63) is 35.2 Å². The maximum Gasteiger partial charge on any atom is 0.335 e. The number of aryl methyl sites for hydroxylation is 2. The second kappa shape index (κ2) is 7.62. The lowest BCUT2D eigenvalue weighted by Crippen LogP contribution is -2.59. The first kappa shape index (κ1) is 19.3. The molecule has 2 aliphatic rings. The van der Waals surface area contributed by atoms with Crippen LogP contribution in [0, 0.1) is 0 Å². The molecule has 0 aromatic heterocycles. The van der Waals surface area contributed by atoms with Crippen LogP contribution in [0.15, 0.2) is 29.0 Å². The first-order chi connectivity index (χ1) is 13.0. The van der Waals surface area contributed by atoms with Crippen LogP contribution in [0.3, 0.4) is 0 Å². The molecule has 1 heterocycles. The van der Waals surface area contributed by atoms with Crippen LogP contribution < -0.4 is 10.5 Å². The summed E-state index contributed by atoms with van der Waals surface area (Å²) in [6, 6.07) is 4.05. The minimum Gasteiger partial charge on any atom is -0.485 e. The number of aliphatic imine (C=N–C) groups is 1. The van der Waals surface area contributed by atoms with Crippen molar-refractivity contribution in [3.8, 4) is 5.75 Å². The van der Waals surface area contributed by atoms with Crippen molar-refractivity contribution in [1.29, 1.82) is 0 Å². The predicted octanol–water partition coefficient (Wildman–Crippen LogP) is 3.40. The first-order valence-electron chi connectivity index (χ1n) is 9.79. The van der Waals surface area contributed by atoms with Crippen molar-refractivity contribution in [3.63, 3.8) is 0 Å². The smallest absolute Gasteiger partial charge is 0.335 e. The number of hydrogen-bond acceptors (Lipinski definition) is 5. The zero-order valence-corrected chi connectivity index (χ0v) is 16.4. The normalized spacial score (nSPS) is 21.5. The zero-order valence-electron chi connectivity index (χ0n) is 16.4. The van der Waals surface area contributed by atoms with E-state index >= 15 is 0 Å². The van der Waals surface area contributed by atoms with Crippen LogP contribution in [0.2, 0.25) is 0 Å². The van der Waals surface area contributed by atoms with Gasteiger partial charge >= 0.3 is 5.97 Å². The van der Waals surface area contributed by atoms with Crippen molar-refractivity contribution in [1.82, 2.24) is 4.90 Å². The van der Waals surface area contributed by atoms with E-state index in [2.05, 4.69) is 4.99 Å². The minimum absolute atomic E-state index is 0.266. The number of carboxylic acids is 1. The summed E-state index contributed by atoms with van der Waals surface area (Å²) in [6.45, 7) is 6.65. The third-order valence-corrected chi connectivity index (χ3v) is 5.69. The standard InChI is InChI=1S/C21H29N3O3/c1-4-19-21(5-2,20(25)26)24(6-3)12-16(23-19)13-27-18-11-15-9-7-8-14(15)10-17(18)22/h10-12H,4-9,13,22H2,1-3H3,(H,25,26). The van der Waals surface area contributed by atoms with Gasteiger partial charge in [-0.3, -0.25) is 4.99 Å². The van der Waals surface area contributed by atoms with Crippen LogP contribution in [-0.4, -0.2) is 40.4 Å². The third kappa shape index (κ3) is 3.29. The summed E-state index contributed by atoms with van der Waals surface area (Å²) in [6.07, 6.45) is 6.16. The number of aliphatic carboxylic acids is 1. The summed E-state index contributed by atoms with van der Waals surface area (Å²) in [5, 5.41) is 9.91. The van der Waals surface area contributed by atoms with E-state index < -0.39 is 11.5 Å². The van der Waals surface area contributed by atoms with E-state index in [1.165, 1.54) is 11.1 Å². The fourth-order valence-electron chi connectivity index (χ4n) is 4.25. The molecule has 146 valence electrons. The maximum atomic E-state index is 12.1. The highest BCUT2D eigenvalue weighted by molar-refractivity contribution is 6.11. The second-order valence-electron chi connectivity index (χ2n) is 7.14. The molecule has 0 saturated carbocycles. The molecule has 0 spiro atoms. The highest BCUT2D eigenvalue weighted by Gasteiger charge is 2.47. The van der Waals surface area contributed by atoms with Crippen LogP contribution in [0.4, 0.5) is 5.69 Å². The van der Waals surface area contributed by atoms with Gasteiger partial charge in [-0.05, 0) is 62.3 Å². The van der Waals surface area contributed by atoms with Crippen molar-refractivity contribution < 1.29 is 14.6 Å². The average molecular weight is 371 g/mol. The molecule has 1 atom stereocenters. The van der Waals surface area contributed by atoms with Gasteiger partial charge in [0.2, 0.25) is 0 Å². The van der Waals surface area contributed by atoms with Crippen molar-refractivity contribution in [2.45, 2.75) is 58.4 Å². The number of fused-ring (bicyclic) bond motifs is 1. The van der Waals surface area contributed by atoms with Gasteiger partial charge in [0.1, 0.15) is 12.4 Å². The Labute approximate surface area is 160 Å². The molecule has 0 amide bonds. The SMILES string of the molecule is CCC1=NC(COc2cc3c(cc2N)CCC3)=CN(CC)C1(CC)C(=O)O. The number of carbonyl (C=O) groups is 1. The van der Waals surface area contributed by atoms with Gasteiger partial charge in [0.15, 0.2) is 5.54 Å². The topological polar surface area (TPSA) is 88.2 Å². The number of ether oxygens (including phenoxy) is 1. The lowest BCUT2D eigenvalue weighted by molar-refractivity contribution is -0.145. The van der Waals surface area contributed by atoms with Gasteiger partial charge in [0, 0.05) is 12.7 Å². The van der Waals surface area contributed by atoms with E-state index in [1.807, 2.05) is 44.0 Å². The number of likely N-dealkylation sites (N-methyl/N-ethyl adjacent to an activating group) is 1. The Morgan fingerprint density at radius 3 is 2.59 bits per heavy atom. The van der Waals surface area contributed by atoms with E-state index in [4.69, 9.17) is 10.5 Å². The summed E-state index contributed by atoms with van der Waals surface area (Å²) in [5.74, 6) is -0.176. The van der Waals surface area contributed by atoms with Gasteiger partial charge in [-0.2, -0.15) is 0 Å². The molecule has 3 rings (SSSR count). The summed E-state index contributed by atoms with van der Waals surface area (Å²) in [5.41, 5.74) is 9.74. The van der Waals surface area contributed by atoms with E-state index in [0.717, 1.165) is 25.0 Å². The molecule has 6 nitrogen and oxygen atoms in total. The highest BCUT2D eigenvalue weighted by atomic mass is 16.5. The molecule has 3 N–H and O–H groups in total. The Morgan fingerprint density at radius 2 is 2.00 bits per heavy atom. The van der Waals surface area contributed by atoms with E-state index in [-0.39, 0.29) is 6.61 Å². The maximum absolute atomic E-state index is 12.1. The fourth-order valence-corrected chi connectivity index (χ4v) is 4.25. The Kier molecular flexibility index (Phi) is 5.44. The number of rotatable bonds is 7. The molecule has 1 aromatic rings. The molecule has 0 bridgehead atoms. The van der Waals surface area contributed by atoms with Gasteiger partial charge in [0.25, 0.3) is 0 Å². The van der Waals surface area contributed by atoms with Crippen LogP contribution >= 0.6 is 0 Å². The Morgan fingerprint density at radius 1 is 1.30 bits per heavy atom. The molecule has 1 aliphatic carbocycles. The zero-order chi connectivity index (χ0) is 19.6. The van der Waals surface area contributed by atoms with Gasteiger partial charge in [-0.25, -0.2) is 4.79 Å². The largest absolute Gasteiger partial charge is 0.485 e. The van der Waals surface area contributed by atoms with Crippen LogP contribution in [-0.2, 0) is 17.6 Å². The molecule has 0 fully saturated rings. The van der Waals surface area contributed by atoms with Crippen LogP contribution in [0.25, 0.3) is 0 Å². The molecule has 27 heavy (non-hydrogen) atoms. The van der Waals surface area contributed by atoms with Gasteiger partial charge in [-0.1, -0.05) is 13.8 Å². The van der Waals surface area contributed by atoms with Crippen molar-refractivity contribution in [2.75, 3.05) is 18.9 Å². The number of anilines is 1. The number of nitrogens with zero attached hydrogens (tertiary/aromatic N) is 2. The Hall–Kier alpha value is -2.50. The summed E-state index contributed by atoms with van der Waals surface area (Å²) in [4.78, 5) is 18.6. The Bertz CT molecular complexity index is 800. The minimum atomic E-state index is -1.07. The molecular formula is C21H29N3O3. The average Bonchev–Trinajstić information content (AvgIpc) is 3.11. The lowest BCUT2D eigenvalue weighted by Gasteiger charge is -2.42. The highest BCUT2D eigenvalue weighted by Crippen LogP contribution is 2.33. The molecule has 1 unspecified atom stereocenters. The quantitative estimate of drug-likeness (QED) is 0.717. The number of nitrogens with two attached hydrogens (primary N) is 1. The van der Waals surface area contributed by atoms with Crippen LogP contribution in [0.1, 0.15) is 51.2 Å². The van der Waals surface area contributed by atoms with E-state index in [9.17, 15) is 9.90 Å². The molecule has 1 aromatic carbocycles. The van der Waals surface area contributed by atoms with E-state index in [0.29, 0.717) is 36.5 Å². The number of benzene rings is 1. The summed E-state index contributed by atoms with van der Waals surface area (Å²) < 4.78 is 5.98. The Balaban J connectivity index is 1.84.